The van der Waals surface area contributed by atoms with Crippen molar-refractivity contribution in [1.29, 1.82) is 5.26 Å². The third kappa shape index (κ3) is 5.43. The highest BCUT2D eigenvalue weighted by atomic mass is 35.5. The van der Waals surface area contributed by atoms with Gasteiger partial charge in [-0.25, -0.2) is 0 Å². The van der Waals surface area contributed by atoms with Gasteiger partial charge in [-0.05, 0) is 32.1 Å². The van der Waals surface area contributed by atoms with Gasteiger partial charge in [0, 0.05) is 11.3 Å². The molecular formula is C10H18ClN. The number of hydrogen-bond donors (Lipinski definition) is 0. The van der Waals surface area contributed by atoms with E-state index in [0.717, 1.165) is 19.3 Å². The van der Waals surface area contributed by atoms with Crippen molar-refractivity contribution in [3.8, 4) is 6.07 Å². The van der Waals surface area contributed by atoms with Gasteiger partial charge >= 0.3 is 0 Å². The Morgan fingerprint density at radius 2 is 1.92 bits per heavy atom. The molecule has 3 unspecified atom stereocenters. The number of nitrogens with zero attached hydrogens (tertiary/aromatic N) is 1. The number of nitriles is 1. The van der Waals surface area contributed by atoms with Gasteiger partial charge in [0.05, 0.1) is 6.07 Å². The molecule has 0 bridgehead atoms. The summed E-state index contributed by atoms with van der Waals surface area (Å²) in [5.74, 6) is 0.739. The van der Waals surface area contributed by atoms with E-state index >= 15 is 0 Å². The minimum absolute atomic E-state index is 0.167. The number of halogens is 1. The SMILES string of the molecule is CCC(Cl)CC(C)CC(C)C#N. The van der Waals surface area contributed by atoms with E-state index in [4.69, 9.17) is 16.9 Å². The van der Waals surface area contributed by atoms with Crippen LogP contribution in [0, 0.1) is 23.2 Å². The average Bonchev–Trinajstić information content (AvgIpc) is 2.03. The largest absolute Gasteiger partial charge is 0.198 e. The molecule has 2 heteroatoms. The lowest BCUT2D eigenvalue weighted by Crippen LogP contribution is -2.07. The van der Waals surface area contributed by atoms with E-state index < -0.39 is 0 Å². The van der Waals surface area contributed by atoms with E-state index in [1.165, 1.54) is 0 Å². The van der Waals surface area contributed by atoms with Crippen molar-refractivity contribution in [2.75, 3.05) is 0 Å². The first-order chi connectivity index (χ1) is 5.60. The van der Waals surface area contributed by atoms with Crippen LogP contribution in [0.3, 0.4) is 0 Å². The lowest BCUT2D eigenvalue weighted by Gasteiger charge is -2.14. The Hall–Kier alpha value is -0.220. The monoisotopic (exact) mass is 187 g/mol. The summed E-state index contributed by atoms with van der Waals surface area (Å²) in [5, 5.41) is 8.88. The van der Waals surface area contributed by atoms with Crippen molar-refractivity contribution in [3.05, 3.63) is 0 Å². The first-order valence-corrected chi connectivity index (χ1v) is 5.07. The van der Waals surface area contributed by atoms with Gasteiger partial charge in [-0.15, -0.1) is 11.6 Å². The molecule has 0 aromatic heterocycles. The van der Waals surface area contributed by atoms with E-state index in [0.29, 0.717) is 5.92 Å². The lowest BCUT2D eigenvalue weighted by molar-refractivity contribution is 0.432. The molecule has 0 fully saturated rings. The molecule has 0 spiro atoms. The van der Waals surface area contributed by atoms with Crippen molar-refractivity contribution in [2.45, 2.75) is 45.4 Å². The molecule has 0 aromatic carbocycles. The van der Waals surface area contributed by atoms with E-state index in [-0.39, 0.29) is 11.3 Å². The average molecular weight is 188 g/mol. The first kappa shape index (κ1) is 11.8. The molecule has 0 amide bonds. The molecule has 0 heterocycles. The molecule has 0 aliphatic carbocycles. The normalized spacial score (nSPS) is 17.9. The smallest absolute Gasteiger partial charge is 0.0652 e. The Balaban J connectivity index is 3.60. The zero-order chi connectivity index (χ0) is 9.56. The van der Waals surface area contributed by atoms with Crippen LogP contribution in [0.25, 0.3) is 0 Å². The molecule has 0 aliphatic rings. The van der Waals surface area contributed by atoms with Gasteiger partial charge in [-0.2, -0.15) is 5.26 Å². The third-order valence-corrected chi connectivity index (χ3v) is 2.56. The van der Waals surface area contributed by atoms with Gasteiger partial charge in [0.15, 0.2) is 0 Å². The summed E-state index contributed by atoms with van der Waals surface area (Å²) in [6.07, 6.45) is 3.02. The Kier molecular flexibility index (Phi) is 6.20. The van der Waals surface area contributed by atoms with E-state index in [1.54, 1.807) is 0 Å². The Morgan fingerprint density at radius 1 is 1.33 bits per heavy atom. The van der Waals surface area contributed by atoms with Crippen LogP contribution in [0.5, 0.6) is 0 Å². The van der Waals surface area contributed by atoms with Gasteiger partial charge < -0.3 is 0 Å². The standard InChI is InChI=1S/C10H18ClN/c1-4-10(11)6-8(2)5-9(3)7-12/h8-10H,4-6H2,1-3H3. The molecule has 0 aliphatic heterocycles. The van der Waals surface area contributed by atoms with Crippen molar-refractivity contribution in [2.24, 2.45) is 11.8 Å². The maximum atomic E-state index is 8.59. The van der Waals surface area contributed by atoms with E-state index in [1.807, 2.05) is 6.92 Å². The molecule has 0 rings (SSSR count). The predicted octanol–water partition coefficient (Wildman–Crippen LogP) is 3.58. The summed E-state index contributed by atoms with van der Waals surface area (Å²) >= 11 is 6.00. The van der Waals surface area contributed by atoms with Gasteiger partial charge in [0.2, 0.25) is 0 Å². The van der Waals surface area contributed by atoms with Crippen LogP contribution in [-0.2, 0) is 0 Å². The molecule has 1 nitrogen and oxygen atoms in total. The zero-order valence-electron chi connectivity index (χ0n) is 8.18. The summed E-state index contributed by atoms with van der Waals surface area (Å²) in [7, 11) is 0. The lowest BCUT2D eigenvalue weighted by atomic mass is 9.94. The fourth-order valence-electron chi connectivity index (χ4n) is 1.36. The molecule has 0 saturated carbocycles. The molecule has 0 saturated heterocycles. The highest BCUT2D eigenvalue weighted by molar-refractivity contribution is 6.20. The second-order valence-corrected chi connectivity index (χ2v) is 4.23. The maximum absolute atomic E-state index is 8.59. The Bertz CT molecular complexity index is 150. The van der Waals surface area contributed by atoms with E-state index in [9.17, 15) is 0 Å². The second kappa shape index (κ2) is 6.31. The van der Waals surface area contributed by atoms with Gasteiger partial charge in [-0.1, -0.05) is 13.8 Å². The molecule has 0 N–H and O–H groups in total. The predicted molar refractivity (Wildman–Crippen MR) is 53.1 cm³/mol. The summed E-state index contributed by atoms with van der Waals surface area (Å²) < 4.78 is 0. The molecule has 3 atom stereocenters. The van der Waals surface area contributed by atoms with Crippen LogP contribution >= 0.6 is 11.6 Å². The fraction of sp³-hybridized carbons (Fsp3) is 0.900. The number of hydrogen-bond acceptors (Lipinski definition) is 1. The molecule has 0 aromatic rings. The van der Waals surface area contributed by atoms with Crippen LogP contribution in [0.15, 0.2) is 0 Å². The first-order valence-electron chi connectivity index (χ1n) is 4.63. The van der Waals surface area contributed by atoms with Crippen molar-refractivity contribution in [1.82, 2.24) is 0 Å². The topological polar surface area (TPSA) is 23.8 Å². The minimum Gasteiger partial charge on any atom is -0.198 e. The van der Waals surface area contributed by atoms with Crippen LogP contribution in [0.1, 0.15) is 40.0 Å². The quantitative estimate of drug-likeness (QED) is 0.604. The summed E-state index contributed by atoms with van der Waals surface area (Å²) in [6.45, 7) is 6.22. The van der Waals surface area contributed by atoms with Crippen molar-refractivity contribution >= 4 is 11.6 Å². The summed E-state index contributed by atoms with van der Waals surface area (Å²) in [4.78, 5) is 0. The molecular weight excluding hydrogens is 170 g/mol. The highest BCUT2D eigenvalue weighted by Gasteiger charge is 2.11. The van der Waals surface area contributed by atoms with E-state index in [2.05, 4.69) is 19.9 Å². The Labute approximate surface area is 80.7 Å². The maximum Gasteiger partial charge on any atom is 0.0652 e. The Morgan fingerprint density at radius 3 is 2.33 bits per heavy atom. The van der Waals surface area contributed by atoms with Crippen LogP contribution in [0.4, 0.5) is 0 Å². The van der Waals surface area contributed by atoms with Gasteiger partial charge in [0.25, 0.3) is 0 Å². The highest BCUT2D eigenvalue weighted by Crippen LogP contribution is 2.20. The summed E-state index contributed by atoms with van der Waals surface area (Å²) in [6, 6.07) is 2.24. The zero-order valence-corrected chi connectivity index (χ0v) is 8.93. The van der Waals surface area contributed by atoms with Gasteiger partial charge in [0.1, 0.15) is 0 Å². The van der Waals surface area contributed by atoms with Crippen LogP contribution in [-0.4, -0.2) is 5.38 Å². The fourth-order valence-corrected chi connectivity index (χ4v) is 1.66. The molecule has 12 heavy (non-hydrogen) atoms. The molecule has 0 radical (unpaired) electrons. The van der Waals surface area contributed by atoms with Crippen molar-refractivity contribution in [3.63, 3.8) is 0 Å². The van der Waals surface area contributed by atoms with Crippen LogP contribution in [0.2, 0.25) is 0 Å². The third-order valence-electron chi connectivity index (χ3n) is 2.08. The minimum atomic E-state index is 0.167. The number of alkyl halides is 1. The second-order valence-electron chi connectivity index (χ2n) is 3.61. The molecule has 70 valence electrons. The summed E-state index contributed by atoms with van der Waals surface area (Å²) in [5.41, 5.74) is 0. The number of rotatable bonds is 5. The van der Waals surface area contributed by atoms with Crippen LogP contribution < -0.4 is 0 Å². The van der Waals surface area contributed by atoms with Gasteiger partial charge in [-0.3, -0.25) is 0 Å². The van der Waals surface area contributed by atoms with Crippen molar-refractivity contribution < 1.29 is 0 Å².